The topological polar surface area (TPSA) is 102 Å². The molecule has 1 rings (SSSR count). The first-order chi connectivity index (χ1) is 9.04. The van der Waals surface area contributed by atoms with Gasteiger partial charge in [0.2, 0.25) is 0 Å². The van der Waals surface area contributed by atoms with Gasteiger partial charge in [0.15, 0.2) is 0 Å². The lowest BCUT2D eigenvalue weighted by atomic mass is 10.1. The van der Waals surface area contributed by atoms with Crippen molar-refractivity contribution in [2.24, 2.45) is 0 Å². The fourth-order valence-electron chi connectivity index (χ4n) is 1.50. The van der Waals surface area contributed by atoms with Gasteiger partial charge >= 0.3 is 12.0 Å². The molecule has 0 aliphatic rings. The van der Waals surface area contributed by atoms with Crippen molar-refractivity contribution in [3.8, 4) is 6.07 Å². The van der Waals surface area contributed by atoms with Crippen LogP contribution in [0.5, 0.6) is 0 Å². The Morgan fingerprint density at radius 3 is 2.79 bits per heavy atom. The lowest BCUT2D eigenvalue weighted by Gasteiger charge is -2.10. The Balaban J connectivity index is 2.49. The molecule has 0 atom stereocenters. The molecule has 0 unspecified atom stereocenters. The van der Waals surface area contributed by atoms with Gasteiger partial charge in [-0.05, 0) is 31.0 Å². The molecular formula is C13H15N3O3. The number of anilines is 1. The van der Waals surface area contributed by atoms with Gasteiger partial charge in [0.25, 0.3) is 0 Å². The van der Waals surface area contributed by atoms with Gasteiger partial charge < -0.3 is 15.7 Å². The Bertz CT molecular complexity index is 520. The van der Waals surface area contributed by atoms with Gasteiger partial charge in [0, 0.05) is 18.7 Å². The van der Waals surface area contributed by atoms with Crippen LogP contribution in [-0.4, -0.2) is 23.7 Å². The molecule has 1 aromatic rings. The second kappa shape index (κ2) is 7.01. The first-order valence-corrected chi connectivity index (χ1v) is 5.81. The number of urea groups is 1. The second-order valence-electron chi connectivity index (χ2n) is 3.97. The van der Waals surface area contributed by atoms with Crippen LogP contribution in [0.1, 0.15) is 24.0 Å². The summed E-state index contributed by atoms with van der Waals surface area (Å²) in [5.41, 5.74) is 1.77. The average Bonchev–Trinajstić information content (AvgIpc) is 2.37. The number of nitrogens with zero attached hydrogens (tertiary/aromatic N) is 1. The minimum absolute atomic E-state index is 0.0171. The molecule has 19 heavy (non-hydrogen) atoms. The van der Waals surface area contributed by atoms with Crippen molar-refractivity contribution < 1.29 is 14.7 Å². The zero-order chi connectivity index (χ0) is 14.3. The van der Waals surface area contributed by atoms with Crippen molar-refractivity contribution in [2.45, 2.75) is 19.8 Å². The molecule has 0 heterocycles. The third-order valence-electron chi connectivity index (χ3n) is 2.56. The van der Waals surface area contributed by atoms with Crippen LogP contribution in [0.4, 0.5) is 10.5 Å². The van der Waals surface area contributed by atoms with E-state index in [0.29, 0.717) is 23.2 Å². The molecule has 0 saturated carbocycles. The van der Waals surface area contributed by atoms with E-state index in [-0.39, 0.29) is 13.0 Å². The Morgan fingerprint density at radius 2 is 2.16 bits per heavy atom. The van der Waals surface area contributed by atoms with Gasteiger partial charge in [-0.3, -0.25) is 4.79 Å². The molecule has 0 saturated heterocycles. The van der Waals surface area contributed by atoms with Crippen molar-refractivity contribution in [1.29, 1.82) is 5.26 Å². The minimum Gasteiger partial charge on any atom is -0.481 e. The van der Waals surface area contributed by atoms with Gasteiger partial charge in [0.05, 0.1) is 11.6 Å². The van der Waals surface area contributed by atoms with Crippen molar-refractivity contribution in [3.63, 3.8) is 0 Å². The van der Waals surface area contributed by atoms with Crippen LogP contribution in [0, 0.1) is 18.3 Å². The zero-order valence-corrected chi connectivity index (χ0v) is 10.6. The molecule has 0 fully saturated rings. The molecule has 1 aromatic carbocycles. The van der Waals surface area contributed by atoms with Crippen LogP contribution in [0.3, 0.4) is 0 Å². The minimum atomic E-state index is -0.889. The summed E-state index contributed by atoms with van der Waals surface area (Å²) in [7, 11) is 0. The lowest BCUT2D eigenvalue weighted by Crippen LogP contribution is -2.30. The van der Waals surface area contributed by atoms with E-state index in [4.69, 9.17) is 10.4 Å². The number of hydrogen-bond donors (Lipinski definition) is 3. The van der Waals surface area contributed by atoms with E-state index in [1.807, 2.05) is 6.07 Å². The van der Waals surface area contributed by atoms with Gasteiger partial charge in [-0.15, -0.1) is 0 Å². The number of amides is 2. The summed E-state index contributed by atoms with van der Waals surface area (Å²) in [6.07, 6.45) is 0.392. The maximum Gasteiger partial charge on any atom is 0.319 e. The summed E-state index contributed by atoms with van der Waals surface area (Å²) in [4.78, 5) is 21.8. The van der Waals surface area contributed by atoms with Crippen LogP contribution < -0.4 is 10.6 Å². The molecule has 0 bridgehead atoms. The van der Waals surface area contributed by atoms with Crippen molar-refractivity contribution in [1.82, 2.24) is 5.32 Å². The summed E-state index contributed by atoms with van der Waals surface area (Å²) < 4.78 is 0. The zero-order valence-electron chi connectivity index (χ0n) is 10.6. The smallest absolute Gasteiger partial charge is 0.319 e. The van der Waals surface area contributed by atoms with Crippen LogP contribution >= 0.6 is 0 Å². The predicted molar refractivity (Wildman–Crippen MR) is 69.8 cm³/mol. The number of nitrogens with one attached hydrogen (secondary N) is 2. The van der Waals surface area contributed by atoms with Gasteiger partial charge in [-0.25, -0.2) is 4.79 Å². The SMILES string of the molecule is Cc1c(C#N)cccc1NC(=O)NCCCC(=O)O. The molecule has 0 spiro atoms. The van der Waals surface area contributed by atoms with Crippen LogP contribution in [-0.2, 0) is 4.79 Å². The Morgan fingerprint density at radius 1 is 1.42 bits per heavy atom. The maximum atomic E-state index is 11.6. The molecule has 0 aliphatic heterocycles. The molecule has 2 amide bonds. The maximum absolute atomic E-state index is 11.6. The highest BCUT2D eigenvalue weighted by Gasteiger charge is 2.07. The standard InChI is InChI=1S/C13H15N3O3/c1-9-10(8-14)4-2-5-11(9)16-13(19)15-7-3-6-12(17)18/h2,4-5H,3,6-7H2,1H3,(H,17,18)(H2,15,16,19). The Hall–Kier alpha value is -2.55. The molecule has 0 aromatic heterocycles. The number of rotatable bonds is 5. The molecular weight excluding hydrogens is 246 g/mol. The number of carboxylic acid groups (broad SMARTS) is 1. The van der Waals surface area contributed by atoms with E-state index in [1.54, 1.807) is 25.1 Å². The molecule has 6 heteroatoms. The summed E-state index contributed by atoms with van der Waals surface area (Å²) >= 11 is 0. The van der Waals surface area contributed by atoms with Gasteiger partial charge in [0.1, 0.15) is 0 Å². The summed E-state index contributed by atoms with van der Waals surface area (Å²) in [5.74, 6) is -0.889. The third kappa shape index (κ3) is 4.68. The average molecular weight is 261 g/mol. The van der Waals surface area contributed by atoms with E-state index >= 15 is 0 Å². The van der Waals surface area contributed by atoms with E-state index in [9.17, 15) is 9.59 Å². The van der Waals surface area contributed by atoms with Gasteiger partial charge in [-0.1, -0.05) is 6.07 Å². The van der Waals surface area contributed by atoms with E-state index < -0.39 is 12.0 Å². The van der Waals surface area contributed by atoms with Crippen molar-refractivity contribution >= 4 is 17.7 Å². The highest BCUT2D eigenvalue weighted by atomic mass is 16.4. The fraction of sp³-hybridized carbons (Fsp3) is 0.308. The molecule has 100 valence electrons. The number of carbonyl (C=O) groups is 2. The fourth-order valence-corrected chi connectivity index (χ4v) is 1.50. The Kier molecular flexibility index (Phi) is 5.35. The number of nitriles is 1. The first-order valence-electron chi connectivity index (χ1n) is 5.81. The van der Waals surface area contributed by atoms with Crippen molar-refractivity contribution in [3.05, 3.63) is 29.3 Å². The summed E-state index contributed by atoms with van der Waals surface area (Å²) in [6.45, 7) is 2.04. The highest BCUT2D eigenvalue weighted by molar-refractivity contribution is 5.90. The molecule has 3 N–H and O–H groups in total. The first kappa shape index (κ1) is 14.5. The molecule has 0 aliphatic carbocycles. The number of carbonyl (C=O) groups excluding carboxylic acids is 1. The monoisotopic (exact) mass is 261 g/mol. The predicted octanol–water partition coefficient (Wildman–Crippen LogP) is 1.85. The lowest BCUT2D eigenvalue weighted by molar-refractivity contribution is -0.137. The molecule has 0 radical (unpaired) electrons. The molecule has 6 nitrogen and oxygen atoms in total. The largest absolute Gasteiger partial charge is 0.481 e. The third-order valence-corrected chi connectivity index (χ3v) is 2.56. The second-order valence-corrected chi connectivity index (χ2v) is 3.97. The van der Waals surface area contributed by atoms with Crippen LogP contribution in [0.2, 0.25) is 0 Å². The number of carboxylic acids is 1. The Labute approximate surface area is 111 Å². The highest BCUT2D eigenvalue weighted by Crippen LogP contribution is 2.17. The van der Waals surface area contributed by atoms with E-state index in [1.165, 1.54) is 0 Å². The summed E-state index contributed by atoms with van der Waals surface area (Å²) in [5, 5.41) is 22.5. The van der Waals surface area contributed by atoms with E-state index in [0.717, 1.165) is 0 Å². The quantitative estimate of drug-likeness (QED) is 0.704. The van der Waals surface area contributed by atoms with Crippen LogP contribution in [0.25, 0.3) is 0 Å². The van der Waals surface area contributed by atoms with Crippen molar-refractivity contribution in [2.75, 3.05) is 11.9 Å². The number of hydrogen-bond acceptors (Lipinski definition) is 3. The number of aliphatic carboxylic acids is 1. The summed E-state index contributed by atoms with van der Waals surface area (Å²) in [6, 6.07) is 6.68. The normalized spacial score (nSPS) is 9.47. The van der Waals surface area contributed by atoms with Gasteiger partial charge in [-0.2, -0.15) is 5.26 Å². The van der Waals surface area contributed by atoms with E-state index in [2.05, 4.69) is 10.6 Å². The van der Waals surface area contributed by atoms with Crippen LogP contribution in [0.15, 0.2) is 18.2 Å². The number of benzene rings is 1.